The third-order valence-electron chi connectivity index (χ3n) is 3.11. The second-order valence-electron chi connectivity index (χ2n) is 5.94. The molecule has 124 valence electrons. The lowest BCUT2D eigenvalue weighted by atomic mass is 10.1. The molecular formula is C16H26N2O3S. The predicted octanol–water partition coefficient (Wildman–Crippen LogP) is 2.08. The van der Waals surface area contributed by atoms with E-state index in [1.54, 1.807) is 7.11 Å². The molecule has 0 saturated heterocycles. The molecular weight excluding hydrogens is 300 g/mol. The fraction of sp³-hybridized carbons (Fsp3) is 0.562. The van der Waals surface area contributed by atoms with Crippen LogP contribution in [0, 0.1) is 0 Å². The van der Waals surface area contributed by atoms with Crippen LogP contribution < -0.4 is 15.4 Å². The van der Waals surface area contributed by atoms with Crippen LogP contribution in [0.2, 0.25) is 0 Å². The molecule has 22 heavy (non-hydrogen) atoms. The van der Waals surface area contributed by atoms with Crippen molar-refractivity contribution in [1.29, 1.82) is 0 Å². The molecule has 0 spiro atoms. The Morgan fingerprint density at radius 2 is 1.73 bits per heavy atom. The predicted molar refractivity (Wildman–Crippen MR) is 90.9 cm³/mol. The van der Waals surface area contributed by atoms with Gasteiger partial charge in [0.1, 0.15) is 5.75 Å². The largest absolute Gasteiger partial charge is 0.497 e. The first-order valence-corrected chi connectivity index (χ1v) is 8.68. The van der Waals surface area contributed by atoms with Crippen LogP contribution in [0.1, 0.15) is 26.3 Å². The van der Waals surface area contributed by atoms with E-state index in [1.165, 1.54) is 0 Å². The van der Waals surface area contributed by atoms with Gasteiger partial charge in [0.15, 0.2) is 0 Å². The minimum Gasteiger partial charge on any atom is -0.497 e. The number of nitrogens with one attached hydrogen (secondary N) is 2. The second-order valence-corrected chi connectivity index (χ2v) is 8.27. The highest BCUT2D eigenvalue weighted by Gasteiger charge is 2.18. The van der Waals surface area contributed by atoms with Gasteiger partial charge in [0.25, 0.3) is 0 Å². The fourth-order valence-electron chi connectivity index (χ4n) is 1.74. The van der Waals surface area contributed by atoms with Crippen LogP contribution in [0.5, 0.6) is 5.75 Å². The summed E-state index contributed by atoms with van der Waals surface area (Å²) in [4.78, 5) is 11.6. The lowest BCUT2D eigenvalue weighted by Gasteiger charge is -2.17. The molecule has 0 heterocycles. The van der Waals surface area contributed by atoms with Crippen molar-refractivity contribution in [3.05, 3.63) is 29.8 Å². The zero-order valence-electron chi connectivity index (χ0n) is 13.8. The van der Waals surface area contributed by atoms with E-state index in [9.17, 15) is 9.00 Å². The topological polar surface area (TPSA) is 67.4 Å². The molecule has 0 radical (unpaired) electrons. The molecule has 0 unspecified atom stereocenters. The highest BCUT2D eigenvalue weighted by Crippen LogP contribution is 2.11. The Morgan fingerprint density at radius 1 is 1.14 bits per heavy atom. The molecule has 0 aromatic heterocycles. The number of methoxy groups -OCH3 is 1. The minimum atomic E-state index is -0.947. The summed E-state index contributed by atoms with van der Waals surface area (Å²) in [7, 11) is 0.686. The van der Waals surface area contributed by atoms with E-state index >= 15 is 0 Å². The van der Waals surface area contributed by atoms with E-state index in [1.807, 2.05) is 45.0 Å². The Hall–Kier alpha value is -1.56. The molecule has 0 fully saturated rings. The lowest BCUT2D eigenvalue weighted by molar-refractivity contribution is 0.241. The molecule has 0 aliphatic rings. The SMILES string of the molecule is COc1ccc(CCNC(=O)NCC[S@@](=O)C(C)(C)C)cc1. The van der Waals surface area contributed by atoms with Gasteiger partial charge in [-0.15, -0.1) is 0 Å². The number of amides is 2. The number of rotatable bonds is 7. The molecule has 6 heteroatoms. The molecule has 0 aliphatic heterocycles. The highest BCUT2D eigenvalue weighted by atomic mass is 32.2. The van der Waals surface area contributed by atoms with Crippen LogP contribution in [0.4, 0.5) is 4.79 Å². The summed E-state index contributed by atoms with van der Waals surface area (Å²) in [6, 6.07) is 7.53. The summed E-state index contributed by atoms with van der Waals surface area (Å²) in [6.07, 6.45) is 0.755. The zero-order chi connectivity index (χ0) is 16.6. The van der Waals surface area contributed by atoms with Crippen molar-refractivity contribution < 1.29 is 13.7 Å². The molecule has 0 bridgehead atoms. The van der Waals surface area contributed by atoms with Crippen LogP contribution in [-0.2, 0) is 17.2 Å². The zero-order valence-corrected chi connectivity index (χ0v) is 14.6. The number of hydrogen-bond donors (Lipinski definition) is 2. The van der Waals surface area contributed by atoms with Crippen molar-refractivity contribution in [1.82, 2.24) is 10.6 Å². The third kappa shape index (κ3) is 6.93. The van der Waals surface area contributed by atoms with Gasteiger partial charge in [-0.25, -0.2) is 4.79 Å². The summed E-state index contributed by atoms with van der Waals surface area (Å²) in [6.45, 7) is 6.76. The van der Waals surface area contributed by atoms with Gasteiger partial charge >= 0.3 is 6.03 Å². The summed E-state index contributed by atoms with van der Waals surface area (Å²) < 4.78 is 16.7. The van der Waals surface area contributed by atoms with Gasteiger partial charge < -0.3 is 15.4 Å². The van der Waals surface area contributed by atoms with Crippen molar-refractivity contribution in [2.24, 2.45) is 0 Å². The summed E-state index contributed by atoms with van der Waals surface area (Å²) in [5.74, 6) is 1.29. The average molecular weight is 326 g/mol. The van der Waals surface area contributed by atoms with Crippen molar-refractivity contribution in [2.75, 3.05) is 26.0 Å². The number of benzene rings is 1. The number of hydrogen-bond acceptors (Lipinski definition) is 3. The number of carbonyl (C=O) groups excluding carboxylic acids is 1. The van der Waals surface area contributed by atoms with E-state index < -0.39 is 10.8 Å². The quantitative estimate of drug-likeness (QED) is 0.806. The Labute approximate surface area is 135 Å². The van der Waals surface area contributed by atoms with E-state index in [0.29, 0.717) is 18.8 Å². The van der Waals surface area contributed by atoms with Crippen molar-refractivity contribution >= 4 is 16.8 Å². The Kier molecular flexibility index (Phi) is 7.38. The van der Waals surface area contributed by atoms with Crippen LogP contribution in [-0.4, -0.2) is 40.9 Å². The van der Waals surface area contributed by atoms with Crippen molar-refractivity contribution in [3.8, 4) is 5.75 Å². The first kappa shape index (κ1) is 18.5. The van der Waals surface area contributed by atoms with Gasteiger partial charge in [0, 0.05) is 34.4 Å². The maximum Gasteiger partial charge on any atom is 0.314 e. The van der Waals surface area contributed by atoms with E-state index in [4.69, 9.17) is 4.74 Å². The van der Waals surface area contributed by atoms with Crippen LogP contribution in [0.15, 0.2) is 24.3 Å². The van der Waals surface area contributed by atoms with E-state index in [2.05, 4.69) is 10.6 Å². The molecule has 0 saturated carbocycles. The number of ether oxygens (including phenoxy) is 1. The Bertz CT molecular complexity index is 495. The minimum absolute atomic E-state index is 0.223. The molecule has 1 atom stereocenters. The van der Waals surface area contributed by atoms with Crippen molar-refractivity contribution in [2.45, 2.75) is 31.9 Å². The first-order chi connectivity index (χ1) is 10.3. The van der Waals surface area contributed by atoms with E-state index in [0.717, 1.165) is 17.7 Å². The molecule has 2 N–H and O–H groups in total. The Morgan fingerprint density at radius 3 is 2.27 bits per heavy atom. The third-order valence-corrected chi connectivity index (χ3v) is 5.06. The van der Waals surface area contributed by atoms with Gasteiger partial charge in [0.05, 0.1) is 7.11 Å². The normalized spacial score (nSPS) is 12.5. The lowest BCUT2D eigenvalue weighted by Crippen LogP contribution is -2.39. The summed E-state index contributed by atoms with van der Waals surface area (Å²) in [5.41, 5.74) is 1.13. The number of carbonyl (C=O) groups is 1. The first-order valence-electron chi connectivity index (χ1n) is 7.36. The maximum absolute atomic E-state index is 11.8. The van der Waals surface area contributed by atoms with Gasteiger partial charge in [-0.3, -0.25) is 4.21 Å². The molecule has 1 aromatic carbocycles. The maximum atomic E-state index is 11.8. The van der Waals surface area contributed by atoms with Gasteiger partial charge in [0.2, 0.25) is 0 Å². The Balaban J connectivity index is 2.19. The van der Waals surface area contributed by atoms with Crippen LogP contribution in [0.3, 0.4) is 0 Å². The molecule has 1 aromatic rings. The molecule has 0 aliphatic carbocycles. The fourth-order valence-corrected chi connectivity index (χ4v) is 2.64. The monoisotopic (exact) mass is 326 g/mol. The highest BCUT2D eigenvalue weighted by molar-refractivity contribution is 7.86. The van der Waals surface area contributed by atoms with Gasteiger partial charge in [-0.1, -0.05) is 12.1 Å². The summed E-state index contributed by atoms with van der Waals surface area (Å²) >= 11 is 0. The van der Waals surface area contributed by atoms with Crippen molar-refractivity contribution in [3.63, 3.8) is 0 Å². The molecule has 5 nitrogen and oxygen atoms in total. The van der Waals surface area contributed by atoms with Crippen LogP contribution >= 0.6 is 0 Å². The van der Waals surface area contributed by atoms with E-state index in [-0.39, 0.29) is 10.8 Å². The summed E-state index contributed by atoms with van der Waals surface area (Å²) in [5, 5.41) is 5.52. The second kappa shape index (κ2) is 8.78. The van der Waals surface area contributed by atoms with Crippen LogP contribution in [0.25, 0.3) is 0 Å². The standard InChI is InChI=1S/C16H26N2O3S/c1-16(2,3)22(20)12-11-18-15(19)17-10-9-13-5-7-14(21-4)8-6-13/h5-8H,9-12H2,1-4H3,(H2,17,18,19)/t22-/m1/s1. The number of urea groups is 1. The average Bonchev–Trinajstić information content (AvgIpc) is 2.47. The van der Waals surface area contributed by atoms with Gasteiger partial charge in [-0.05, 0) is 44.9 Å². The molecule has 1 rings (SSSR count). The molecule has 2 amide bonds. The smallest absolute Gasteiger partial charge is 0.314 e. The van der Waals surface area contributed by atoms with Gasteiger partial charge in [-0.2, -0.15) is 0 Å².